The first kappa shape index (κ1) is 31.8. The Kier molecular flexibility index (Phi) is 10.8. The molecule has 0 unspecified atom stereocenters. The van der Waals surface area contributed by atoms with Crippen molar-refractivity contribution in [3.05, 3.63) is 125 Å². The molecule has 0 aliphatic carbocycles. The zero-order valence-electron chi connectivity index (χ0n) is 23.1. The molecule has 7 nitrogen and oxygen atoms in total. The maximum absolute atomic E-state index is 13.9. The number of amides is 3. The van der Waals surface area contributed by atoms with Gasteiger partial charge in [-0.25, -0.2) is 17.6 Å². The summed E-state index contributed by atoms with van der Waals surface area (Å²) in [6, 6.07) is 21.7. The number of nitrogens with one attached hydrogen (secondary N) is 3. The Morgan fingerprint density at radius 3 is 2.20 bits per heavy atom. The summed E-state index contributed by atoms with van der Waals surface area (Å²) in [7, 11) is 0. The Labute approximate surface area is 254 Å². The van der Waals surface area contributed by atoms with E-state index in [2.05, 4.69) is 10.6 Å². The van der Waals surface area contributed by atoms with E-state index in [1.807, 2.05) is 12.2 Å². The van der Waals surface area contributed by atoms with Gasteiger partial charge in [0.15, 0.2) is 23.3 Å². The van der Waals surface area contributed by atoms with Crippen LogP contribution in [0.3, 0.4) is 0 Å². The van der Waals surface area contributed by atoms with Gasteiger partial charge < -0.3 is 20.7 Å². The van der Waals surface area contributed by atoms with Crippen LogP contribution in [-0.2, 0) is 9.59 Å². The van der Waals surface area contributed by atoms with E-state index >= 15 is 0 Å². The highest BCUT2D eigenvalue weighted by Crippen LogP contribution is 2.26. The number of hydrogen-bond acceptors (Lipinski definition) is 5. The highest BCUT2D eigenvalue weighted by Gasteiger charge is 2.21. The van der Waals surface area contributed by atoms with Crippen LogP contribution in [0, 0.1) is 23.3 Å². The normalized spacial score (nSPS) is 11.1. The fourth-order valence-corrected chi connectivity index (χ4v) is 4.61. The minimum Gasteiger partial charge on any atom is -0.493 e. The van der Waals surface area contributed by atoms with E-state index in [4.69, 9.17) is 4.74 Å². The highest BCUT2D eigenvalue weighted by atomic mass is 32.2. The van der Waals surface area contributed by atoms with Gasteiger partial charge in [0, 0.05) is 27.8 Å². The summed E-state index contributed by atoms with van der Waals surface area (Å²) in [5.41, 5.74) is -0.106. The minimum atomic E-state index is -1.72. The molecule has 0 aromatic heterocycles. The Morgan fingerprint density at radius 2 is 1.50 bits per heavy atom. The van der Waals surface area contributed by atoms with E-state index in [0.29, 0.717) is 34.1 Å². The van der Waals surface area contributed by atoms with Gasteiger partial charge in [0.1, 0.15) is 17.1 Å². The molecule has 0 bridgehead atoms. The van der Waals surface area contributed by atoms with Gasteiger partial charge in [-0.3, -0.25) is 14.4 Å². The number of benzene rings is 4. The summed E-state index contributed by atoms with van der Waals surface area (Å²) < 4.78 is 60.3. The van der Waals surface area contributed by atoms with Crippen molar-refractivity contribution in [3.8, 4) is 5.75 Å². The van der Waals surface area contributed by atoms with Crippen molar-refractivity contribution in [2.45, 2.75) is 11.8 Å². The Balaban J connectivity index is 1.50. The maximum atomic E-state index is 13.9. The smallest absolute Gasteiger partial charge is 0.272 e. The lowest BCUT2D eigenvalue weighted by Crippen LogP contribution is -2.30. The van der Waals surface area contributed by atoms with E-state index in [1.165, 1.54) is 12.1 Å². The third kappa shape index (κ3) is 8.26. The summed E-state index contributed by atoms with van der Waals surface area (Å²) in [4.78, 5) is 39.1. The second-order valence-corrected chi connectivity index (χ2v) is 10.1. The fraction of sp³-hybridized carbons (Fsp3) is 0.0938. The van der Waals surface area contributed by atoms with E-state index < -0.39 is 46.7 Å². The summed E-state index contributed by atoms with van der Waals surface area (Å²) in [5, 5.41) is 7.20. The summed E-state index contributed by atoms with van der Waals surface area (Å²) in [6.45, 7) is 2.20. The van der Waals surface area contributed by atoms with Crippen molar-refractivity contribution in [3.63, 3.8) is 0 Å². The second kappa shape index (κ2) is 14.9. The molecule has 0 fully saturated rings. The zero-order valence-corrected chi connectivity index (χ0v) is 23.9. The number of carbonyl (C=O) groups is 3. The molecule has 0 heterocycles. The van der Waals surface area contributed by atoms with Crippen LogP contribution in [0.5, 0.6) is 5.75 Å². The van der Waals surface area contributed by atoms with Gasteiger partial charge in [-0.05, 0) is 49.4 Å². The Morgan fingerprint density at radius 1 is 0.818 bits per heavy atom. The second-order valence-electron chi connectivity index (χ2n) is 9.01. The summed E-state index contributed by atoms with van der Waals surface area (Å²) in [5.74, 6) is -8.70. The van der Waals surface area contributed by atoms with Crippen LogP contribution in [0.2, 0.25) is 0 Å². The first-order chi connectivity index (χ1) is 21.2. The number of thioether (sulfide) groups is 1. The third-order valence-corrected chi connectivity index (χ3v) is 6.88. The Hall–Kier alpha value is -5.10. The minimum absolute atomic E-state index is 0.0420. The zero-order chi connectivity index (χ0) is 31.6. The van der Waals surface area contributed by atoms with Crippen LogP contribution in [0.25, 0.3) is 6.08 Å². The number of rotatable bonds is 11. The van der Waals surface area contributed by atoms with Crippen molar-refractivity contribution in [1.82, 2.24) is 5.32 Å². The molecule has 44 heavy (non-hydrogen) atoms. The first-order valence-corrected chi connectivity index (χ1v) is 14.1. The molecule has 0 atom stereocenters. The fourth-order valence-electron chi connectivity index (χ4n) is 3.85. The monoisotopic (exact) mass is 623 g/mol. The van der Waals surface area contributed by atoms with E-state index in [-0.39, 0.29) is 17.5 Å². The van der Waals surface area contributed by atoms with Gasteiger partial charge in [0.25, 0.3) is 11.8 Å². The predicted molar refractivity (Wildman–Crippen MR) is 160 cm³/mol. The van der Waals surface area contributed by atoms with Gasteiger partial charge in [-0.15, -0.1) is 11.8 Å². The number of para-hydroxylation sites is 1. The largest absolute Gasteiger partial charge is 0.493 e. The molecular formula is C32H25F4N3O4S. The maximum Gasteiger partial charge on any atom is 0.272 e. The molecule has 4 aromatic rings. The molecule has 3 amide bonds. The number of anilines is 2. The van der Waals surface area contributed by atoms with Crippen molar-refractivity contribution in [2.24, 2.45) is 0 Å². The Bertz CT molecular complexity index is 1690. The van der Waals surface area contributed by atoms with Crippen LogP contribution in [-0.4, -0.2) is 30.1 Å². The van der Waals surface area contributed by atoms with Gasteiger partial charge >= 0.3 is 0 Å². The van der Waals surface area contributed by atoms with Crippen molar-refractivity contribution < 1.29 is 36.7 Å². The van der Waals surface area contributed by atoms with Crippen molar-refractivity contribution in [2.75, 3.05) is 23.0 Å². The van der Waals surface area contributed by atoms with Gasteiger partial charge in [0.2, 0.25) is 5.91 Å². The van der Waals surface area contributed by atoms with Crippen LogP contribution in [0.1, 0.15) is 22.8 Å². The van der Waals surface area contributed by atoms with Crippen LogP contribution in [0.15, 0.2) is 95.5 Å². The molecule has 0 aliphatic rings. The average molecular weight is 624 g/mol. The highest BCUT2D eigenvalue weighted by molar-refractivity contribution is 8.00. The van der Waals surface area contributed by atoms with Gasteiger partial charge in [-0.1, -0.05) is 42.5 Å². The molecule has 226 valence electrons. The molecule has 0 saturated heterocycles. The first-order valence-electron chi connectivity index (χ1n) is 13.1. The predicted octanol–water partition coefficient (Wildman–Crippen LogP) is 6.78. The summed E-state index contributed by atoms with van der Waals surface area (Å²) >= 11 is 0.939. The third-order valence-electron chi connectivity index (χ3n) is 5.89. The molecule has 4 aromatic carbocycles. The lowest BCUT2D eigenvalue weighted by atomic mass is 10.1. The van der Waals surface area contributed by atoms with E-state index in [1.54, 1.807) is 72.8 Å². The van der Waals surface area contributed by atoms with Gasteiger partial charge in [-0.2, -0.15) is 0 Å². The van der Waals surface area contributed by atoms with E-state index in [9.17, 15) is 31.9 Å². The number of hydrogen-bond donors (Lipinski definition) is 3. The van der Waals surface area contributed by atoms with E-state index in [0.717, 1.165) is 11.8 Å². The summed E-state index contributed by atoms with van der Waals surface area (Å²) in [6.07, 6.45) is 1.48. The van der Waals surface area contributed by atoms with Crippen LogP contribution >= 0.6 is 11.8 Å². The molecule has 4 rings (SSSR count). The SMILES string of the molecule is CCOc1ccccc1/C=C(/NC(=O)c1ccccc1)C(=O)Nc1cccc(SCC(=O)Nc2c(F)c(F)cc(F)c2F)c1. The molecule has 0 saturated carbocycles. The number of ether oxygens (including phenoxy) is 1. The molecule has 0 aliphatic heterocycles. The lowest BCUT2D eigenvalue weighted by molar-refractivity contribution is -0.114. The van der Waals surface area contributed by atoms with Crippen LogP contribution in [0.4, 0.5) is 28.9 Å². The topological polar surface area (TPSA) is 96.5 Å². The van der Waals surface area contributed by atoms with Gasteiger partial charge in [0.05, 0.1) is 12.4 Å². The molecule has 12 heteroatoms. The van der Waals surface area contributed by atoms with Crippen LogP contribution < -0.4 is 20.7 Å². The molecular weight excluding hydrogens is 598 g/mol. The van der Waals surface area contributed by atoms with Crippen molar-refractivity contribution >= 4 is 46.9 Å². The molecule has 0 spiro atoms. The van der Waals surface area contributed by atoms with Crippen molar-refractivity contribution in [1.29, 1.82) is 0 Å². The standard InChI is InChI=1S/C32H25F4N3O4S/c1-2-43-26-14-7-6-11-20(26)15-25(38-31(41)19-9-4-3-5-10-19)32(42)37-21-12-8-13-22(16-21)44-18-27(40)39-30-28(35)23(33)17-24(34)29(30)36/h3-17H,2,18H2,1H3,(H,37,42)(H,38,41)(H,39,40)/b25-15+. The lowest BCUT2D eigenvalue weighted by Gasteiger charge is -2.13. The number of carbonyl (C=O) groups excluding carboxylic acids is 3. The quantitative estimate of drug-likeness (QED) is 0.0741. The number of halogens is 4. The average Bonchev–Trinajstić information content (AvgIpc) is 3.02. The molecule has 3 N–H and O–H groups in total. The molecule has 0 radical (unpaired) electrons.